The molecule has 0 aliphatic heterocycles. The van der Waals surface area contributed by atoms with Crippen LogP contribution in [-0.2, 0) is 6.18 Å². The minimum absolute atomic E-state index is 0.0287. The average molecular weight is 266 g/mol. The Hall–Kier alpha value is -2.37. The van der Waals surface area contributed by atoms with Crippen molar-refractivity contribution in [3.8, 4) is 0 Å². The van der Waals surface area contributed by atoms with E-state index >= 15 is 0 Å². The third-order valence-electron chi connectivity index (χ3n) is 2.58. The highest BCUT2D eigenvalue weighted by Gasteiger charge is 2.35. The van der Waals surface area contributed by atoms with E-state index < -0.39 is 23.1 Å². The maximum absolute atomic E-state index is 12.8. The number of rotatable bonds is 2. The Morgan fingerprint density at radius 1 is 1.11 bits per heavy atom. The minimum Gasteiger partial charge on any atom is -0.398 e. The van der Waals surface area contributed by atoms with Crippen molar-refractivity contribution < 1.29 is 18.0 Å². The number of nitrogen functional groups attached to an aromatic ring is 1. The van der Waals surface area contributed by atoms with Gasteiger partial charge >= 0.3 is 6.18 Å². The highest BCUT2D eigenvalue weighted by atomic mass is 19.4. The lowest BCUT2D eigenvalue weighted by atomic mass is 9.99. The quantitative estimate of drug-likeness (QED) is 0.671. The van der Waals surface area contributed by atoms with Gasteiger partial charge in [0, 0.05) is 23.6 Å². The number of carbonyl (C=O) groups excluding carboxylic acids is 1. The Morgan fingerprint density at radius 3 is 2.42 bits per heavy atom. The zero-order valence-electron chi connectivity index (χ0n) is 9.61. The molecule has 6 heteroatoms. The first-order valence-corrected chi connectivity index (χ1v) is 5.31. The highest BCUT2D eigenvalue weighted by molar-refractivity contribution is 6.12. The molecule has 1 aromatic carbocycles. The SMILES string of the molecule is Nc1ccccc1C(=O)c1cnccc1C(F)(F)F. The van der Waals surface area contributed by atoms with Crippen molar-refractivity contribution in [3.05, 3.63) is 59.4 Å². The van der Waals surface area contributed by atoms with Crippen LogP contribution < -0.4 is 5.73 Å². The zero-order valence-corrected chi connectivity index (χ0v) is 9.61. The number of nitrogens with zero attached hydrogens (tertiary/aromatic N) is 1. The van der Waals surface area contributed by atoms with Gasteiger partial charge in [-0.2, -0.15) is 13.2 Å². The van der Waals surface area contributed by atoms with E-state index in [2.05, 4.69) is 4.98 Å². The van der Waals surface area contributed by atoms with Crippen molar-refractivity contribution in [2.75, 3.05) is 5.73 Å². The topological polar surface area (TPSA) is 56.0 Å². The van der Waals surface area contributed by atoms with Gasteiger partial charge in [0.15, 0.2) is 5.78 Å². The van der Waals surface area contributed by atoms with E-state index in [4.69, 9.17) is 5.73 Å². The number of aromatic nitrogens is 1. The molecule has 0 fully saturated rings. The number of anilines is 1. The maximum atomic E-state index is 12.8. The predicted molar refractivity (Wildman–Crippen MR) is 63.5 cm³/mol. The van der Waals surface area contributed by atoms with Crippen LogP contribution in [0.5, 0.6) is 0 Å². The lowest BCUT2D eigenvalue weighted by Gasteiger charge is -2.12. The Labute approximate surface area is 106 Å². The minimum atomic E-state index is -4.61. The van der Waals surface area contributed by atoms with Gasteiger partial charge in [-0.05, 0) is 18.2 Å². The maximum Gasteiger partial charge on any atom is 0.417 e. The van der Waals surface area contributed by atoms with Gasteiger partial charge in [-0.3, -0.25) is 9.78 Å². The van der Waals surface area contributed by atoms with E-state index in [0.717, 1.165) is 18.5 Å². The lowest BCUT2D eigenvalue weighted by molar-refractivity contribution is -0.137. The number of hydrogen-bond acceptors (Lipinski definition) is 3. The predicted octanol–water partition coefficient (Wildman–Crippen LogP) is 2.91. The van der Waals surface area contributed by atoms with E-state index in [1.165, 1.54) is 18.2 Å². The molecule has 0 bridgehead atoms. The number of halogens is 3. The fourth-order valence-corrected chi connectivity index (χ4v) is 1.67. The first kappa shape index (κ1) is 13.1. The fourth-order valence-electron chi connectivity index (χ4n) is 1.67. The van der Waals surface area contributed by atoms with E-state index in [9.17, 15) is 18.0 Å². The van der Waals surface area contributed by atoms with Crippen LogP contribution in [0.2, 0.25) is 0 Å². The normalized spacial score (nSPS) is 11.3. The van der Waals surface area contributed by atoms with Crippen molar-refractivity contribution in [1.82, 2.24) is 4.98 Å². The van der Waals surface area contributed by atoms with Crippen LogP contribution in [0.25, 0.3) is 0 Å². The number of hydrogen-bond donors (Lipinski definition) is 1. The number of para-hydroxylation sites is 1. The molecule has 19 heavy (non-hydrogen) atoms. The number of ketones is 1. The van der Waals surface area contributed by atoms with Gasteiger partial charge in [0.25, 0.3) is 0 Å². The van der Waals surface area contributed by atoms with Crippen LogP contribution in [0.3, 0.4) is 0 Å². The Bertz CT molecular complexity index is 623. The summed E-state index contributed by atoms with van der Waals surface area (Å²) in [5, 5.41) is 0. The van der Waals surface area contributed by atoms with Crippen LogP contribution in [0, 0.1) is 0 Å². The molecule has 1 heterocycles. The number of nitrogens with two attached hydrogens (primary N) is 1. The molecular formula is C13H9F3N2O. The van der Waals surface area contributed by atoms with Gasteiger partial charge in [-0.1, -0.05) is 12.1 Å². The third kappa shape index (κ3) is 2.57. The summed E-state index contributed by atoms with van der Waals surface area (Å²) in [4.78, 5) is 15.7. The molecule has 0 saturated carbocycles. The zero-order chi connectivity index (χ0) is 14.0. The Balaban J connectivity index is 2.55. The highest BCUT2D eigenvalue weighted by Crippen LogP contribution is 2.32. The van der Waals surface area contributed by atoms with E-state index in [1.54, 1.807) is 6.07 Å². The second-order valence-corrected chi connectivity index (χ2v) is 3.84. The van der Waals surface area contributed by atoms with Crippen LogP contribution in [0.1, 0.15) is 21.5 Å². The average Bonchev–Trinajstić information content (AvgIpc) is 2.37. The van der Waals surface area contributed by atoms with Crippen LogP contribution in [0.4, 0.5) is 18.9 Å². The molecule has 3 nitrogen and oxygen atoms in total. The summed E-state index contributed by atoms with van der Waals surface area (Å²) in [6, 6.07) is 6.74. The Kier molecular flexibility index (Phi) is 3.25. The van der Waals surface area contributed by atoms with E-state index in [0.29, 0.717) is 0 Å². The molecule has 0 amide bonds. The molecule has 98 valence electrons. The molecule has 0 radical (unpaired) electrons. The van der Waals surface area contributed by atoms with Crippen LogP contribution in [-0.4, -0.2) is 10.8 Å². The standard InChI is InChI=1S/C13H9F3N2O/c14-13(15,16)10-5-6-18-7-9(10)12(19)8-3-1-2-4-11(8)17/h1-7H,17H2. The van der Waals surface area contributed by atoms with Crippen molar-refractivity contribution in [2.45, 2.75) is 6.18 Å². The smallest absolute Gasteiger partial charge is 0.398 e. The summed E-state index contributed by atoms with van der Waals surface area (Å²) in [5.41, 5.74) is 4.23. The number of carbonyl (C=O) groups is 1. The van der Waals surface area contributed by atoms with Gasteiger partial charge in [-0.25, -0.2) is 0 Å². The molecule has 2 aromatic rings. The molecule has 0 saturated heterocycles. The second-order valence-electron chi connectivity index (χ2n) is 3.84. The van der Waals surface area contributed by atoms with E-state index in [-0.39, 0.29) is 11.3 Å². The molecule has 0 atom stereocenters. The summed E-state index contributed by atoms with van der Waals surface area (Å²) in [6.45, 7) is 0. The first-order chi connectivity index (χ1) is 8.91. The molecule has 2 rings (SSSR count). The van der Waals surface area contributed by atoms with E-state index in [1.807, 2.05) is 0 Å². The van der Waals surface area contributed by atoms with Crippen molar-refractivity contribution >= 4 is 11.5 Å². The summed E-state index contributed by atoms with van der Waals surface area (Å²) in [5.74, 6) is -0.793. The van der Waals surface area contributed by atoms with Crippen molar-refractivity contribution in [3.63, 3.8) is 0 Å². The summed E-state index contributed by atoms with van der Waals surface area (Å²) in [6.07, 6.45) is -2.72. The molecular weight excluding hydrogens is 257 g/mol. The largest absolute Gasteiger partial charge is 0.417 e. The van der Waals surface area contributed by atoms with Crippen molar-refractivity contribution in [1.29, 1.82) is 0 Å². The van der Waals surface area contributed by atoms with Gasteiger partial charge in [0.05, 0.1) is 11.1 Å². The van der Waals surface area contributed by atoms with Gasteiger partial charge in [0.1, 0.15) is 0 Å². The monoisotopic (exact) mass is 266 g/mol. The van der Waals surface area contributed by atoms with Gasteiger partial charge in [-0.15, -0.1) is 0 Å². The van der Waals surface area contributed by atoms with Gasteiger partial charge < -0.3 is 5.73 Å². The molecule has 0 spiro atoms. The number of alkyl halides is 3. The first-order valence-electron chi connectivity index (χ1n) is 5.31. The van der Waals surface area contributed by atoms with Crippen LogP contribution in [0.15, 0.2) is 42.7 Å². The molecule has 0 aliphatic rings. The summed E-state index contributed by atoms with van der Waals surface area (Å²) in [7, 11) is 0. The molecule has 0 aliphatic carbocycles. The molecule has 0 unspecified atom stereocenters. The van der Waals surface area contributed by atoms with Gasteiger partial charge in [0.2, 0.25) is 0 Å². The number of benzene rings is 1. The second kappa shape index (κ2) is 4.72. The molecule has 1 aromatic heterocycles. The third-order valence-corrected chi connectivity index (χ3v) is 2.58. The van der Waals surface area contributed by atoms with Crippen LogP contribution >= 0.6 is 0 Å². The lowest BCUT2D eigenvalue weighted by Crippen LogP contribution is -2.15. The Morgan fingerprint density at radius 2 is 1.79 bits per heavy atom. The number of pyridine rings is 1. The molecule has 2 N–H and O–H groups in total. The fraction of sp³-hybridized carbons (Fsp3) is 0.0769. The summed E-state index contributed by atoms with van der Waals surface area (Å²) >= 11 is 0. The van der Waals surface area contributed by atoms with Crippen molar-refractivity contribution in [2.24, 2.45) is 0 Å². The summed E-state index contributed by atoms with van der Waals surface area (Å²) < 4.78 is 38.4.